The Balaban J connectivity index is 1.97. The summed E-state index contributed by atoms with van der Waals surface area (Å²) in [4.78, 5) is 2.47. The maximum Gasteiger partial charge on any atom is 0.0424 e. The molecule has 1 atom stereocenters. The van der Waals surface area contributed by atoms with Crippen LogP contribution in [0.2, 0.25) is 0 Å². The number of aryl methyl sites for hydroxylation is 1. The summed E-state index contributed by atoms with van der Waals surface area (Å²) in [6.07, 6.45) is 2.67. The predicted molar refractivity (Wildman–Crippen MR) is 63.8 cm³/mol. The second-order valence-electron chi connectivity index (χ2n) is 4.53. The second kappa shape index (κ2) is 4.77. The smallest absolute Gasteiger partial charge is 0.0424 e. The summed E-state index contributed by atoms with van der Waals surface area (Å²) in [5.74, 6) is 0. The van der Waals surface area contributed by atoms with Crippen LogP contribution in [0.4, 0.5) is 0 Å². The van der Waals surface area contributed by atoms with Crippen LogP contribution in [0.25, 0.3) is 0 Å². The van der Waals surface area contributed by atoms with Crippen molar-refractivity contribution in [1.29, 1.82) is 0 Å². The van der Waals surface area contributed by atoms with E-state index >= 15 is 0 Å². The highest BCUT2D eigenvalue weighted by atomic mass is 15.1. The zero-order valence-corrected chi connectivity index (χ0v) is 9.45. The third-order valence-electron chi connectivity index (χ3n) is 3.12. The number of benzene rings is 1. The maximum atomic E-state index is 6.20. The van der Waals surface area contributed by atoms with Gasteiger partial charge in [-0.2, -0.15) is 0 Å². The fraction of sp³-hybridized carbons (Fsp3) is 0.538. The van der Waals surface area contributed by atoms with Crippen molar-refractivity contribution in [3.63, 3.8) is 0 Å². The lowest BCUT2D eigenvalue weighted by Crippen LogP contribution is -2.29. The summed E-state index contributed by atoms with van der Waals surface area (Å²) < 4.78 is 0. The second-order valence-corrected chi connectivity index (χ2v) is 4.53. The topological polar surface area (TPSA) is 29.3 Å². The van der Waals surface area contributed by atoms with Gasteiger partial charge in [-0.05, 0) is 38.4 Å². The summed E-state index contributed by atoms with van der Waals surface area (Å²) in [6, 6.07) is 8.71. The van der Waals surface area contributed by atoms with E-state index in [1.807, 2.05) is 0 Å². The highest BCUT2D eigenvalue weighted by molar-refractivity contribution is 5.25. The number of nitrogens with two attached hydrogens (primary N) is 1. The molecule has 1 heterocycles. The van der Waals surface area contributed by atoms with Crippen LogP contribution >= 0.6 is 0 Å². The number of likely N-dealkylation sites (tertiary alicyclic amines) is 1. The monoisotopic (exact) mass is 204 g/mol. The van der Waals surface area contributed by atoms with Crippen molar-refractivity contribution < 1.29 is 0 Å². The van der Waals surface area contributed by atoms with Gasteiger partial charge in [0, 0.05) is 12.6 Å². The van der Waals surface area contributed by atoms with Crippen molar-refractivity contribution in [3.8, 4) is 0 Å². The van der Waals surface area contributed by atoms with Crippen LogP contribution in [0.5, 0.6) is 0 Å². The number of rotatable bonds is 3. The average molecular weight is 204 g/mol. The molecule has 1 aromatic rings. The average Bonchev–Trinajstić information content (AvgIpc) is 2.70. The molecule has 1 aromatic carbocycles. The molecule has 0 aliphatic carbocycles. The minimum atomic E-state index is 0.169. The zero-order chi connectivity index (χ0) is 10.7. The molecule has 15 heavy (non-hydrogen) atoms. The van der Waals surface area contributed by atoms with Gasteiger partial charge in [-0.1, -0.05) is 29.8 Å². The first-order valence-corrected chi connectivity index (χ1v) is 5.80. The highest BCUT2D eigenvalue weighted by Crippen LogP contribution is 2.16. The number of nitrogens with zero attached hydrogens (tertiary/aromatic N) is 1. The van der Waals surface area contributed by atoms with Gasteiger partial charge in [0.2, 0.25) is 0 Å². The van der Waals surface area contributed by atoms with E-state index in [4.69, 9.17) is 5.73 Å². The summed E-state index contributed by atoms with van der Waals surface area (Å²) in [5.41, 5.74) is 8.76. The van der Waals surface area contributed by atoms with E-state index in [0.717, 1.165) is 6.54 Å². The Labute approximate surface area is 92.1 Å². The Bertz CT molecular complexity index is 316. The molecular weight excluding hydrogens is 184 g/mol. The quantitative estimate of drug-likeness (QED) is 0.817. The molecule has 82 valence electrons. The molecule has 1 fully saturated rings. The molecule has 2 nitrogen and oxygen atoms in total. The Hall–Kier alpha value is -0.860. The Kier molecular flexibility index (Phi) is 3.39. The fourth-order valence-corrected chi connectivity index (χ4v) is 2.25. The van der Waals surface area contributed by atoms with Crippen molar-refractivity contribution in [2.45, 2.75) is 25.8 Å². The minimum absolute atomic E-state index is 0.169. The van der Waals surface area contributed by atoms with E-state index in [1.54, 1.807) is 0 Å². The molecule has 0 radical (unpaired) electrons. The van der Waals surface area contributed by atoms with Crippen molar-refractivity contribution in [2.24, 2.45) is 5.73 Å². The van der Waals surface area contributed by atoms with Gasteiger partial charge in [0.25, 0.3) is 0 Å². The largest absolute Gasteiger partial charge is 0.323 e. The molecule has 0 amide bonds. The molecular formula is C13H20N2. The lowest BCUT2D eigenvalue weighted by Gasteiger charge is -2.20. The van der Waals surface area contributed by atoms with E-state index < -0.39 is 0 Å². The van der Waals surface area contributed by atoms with E-state index in [-0.39, 0.29) is 6.04 Å². The van der Waals surface area contributed by atoms with Crippen molar-refractivity contribution in [1.82, 2.24) is 4.90 Å². The molecule has 1 aliphatic rings. The van der Waals surface area contributed by atoms with Crippen molar-refractivity contribution >= 4 is 0 Å². The van der Waals surface area contributed by atoms with Crippen LogP contribution in [-0.4, -0.2) is 24.5 Å². The van der Waals surface area contributed by atoms with Gasteiger partial charge in [0.15, 0.2) is 0 Å². The lowest BCUT2D eigenvalue weighted by molar-refractivity contribution is 0.316. The Morgan fingerprint density at radius 1 is 1.33 bits per heavy atom. The first-order chi connectivity index (χ1) is 7.25. The third-order valence-corrected chi connectivity index (χ3v) is 3.12. The maximum absolute atomic E-state index is 6.20. The molecule has 0 saturated carbocycles. The Morgan fingerprint density at radius 3 is 2.73 bits per heavy atom. The SMILES string of the molecule is Cc1cccc(C(N)CN2CCCC2)c1. The van der Waals surface area contributed by atoms with Crippen LogP contribution in [0.1, 0.15) is 30.0 Å². The molecule has 1 unspecified atom stereocenters. The summed E-state index contributed by atoms with van der Waals surface area (Å²) >= 11 is 0. The molecule has 2 rings (SSSR count). The van der Waals surface area contributed by atoms with Gasteiger partial charge in [-0.15, -0.1) is 0 Å². The normalized spacial score (nSPS) is 19.3. The van der Waals surface area contributed by atoms with Gasteiger partial charge >= 0.3 is 0 Å². The van der Waals surface area contributed by atoms with Crippen molar-refractivity contribution in [3.05, 3.63) is 35.4 Å². The van der Waals surface area contributed by atoms with Gasteiger partial charge in [0.05, 0.1) is 0 Å². The lowest BCUT2D eigenvalue weighted by atomic mass is 10.0. The van der Waals surface area contributed by atoms with Gasteiger partial charge < -0.3 is 10.6 Å². The minimum Gasteiger partial charge on any atom is -0.323 e. The van der Waals surface area contributed by atoms with Gasteiger partial charge in [-0.25, -0.2) is 0 Å². The third kappa shape index (κ3) is 2.80. The molecule has 1 saturated heterocycles. The van der Waals surface area contributed by atoms with Gasteiger partial charge in [-0.3, -0.25) is 0 Å². The van der Waals surface area contributed by atoms with E-state index in [2.05, 4.69) is 36.1 Å². The van der Waals surface area contributed by atoms with E-state index in [0.29, 0.717) is 0 Å². The van der Waals surface area contributed by atoms with Crippen LogP contribution in [0, 0.1) is 6.92 Å². The van der Waals surface area contributed by atoms with Gasteiger partial charge in [0.1, 0.15) is 0 Å². The Morgan fingerprint density at radius 2 is 2.07 bits per heavy atom. The van der Waals surface area contributed by atoms with Crippen LogP contribution in [0.15, 0.2) is 24.3 Å². The first-order valence-electron chi connectivity index (χ1n) is 5.80. The van der Waals surface area contributed by atoms with Crippen LogP contribution < -0.4 is 5.73 Å². The summed E-state index contributed by atoms with van der Waals surface area (Å²) in [6.45, 7) is 5.56. The molecule has 2 heteroatoms. The fourth-order valence-electron chi connectivity index (χ4n) is 2.25. The predicted octanol–water partition coefficient (Wildman–Crippen LogP) is 2.09. The molecule has 2 N–H and O–H groups in total. The van der Waals surface area contributed by atoms with Crippen LogP contribution in [0.3, 0.4) is 0 Å². The number of hydrogen-bond donors (Lipinski definition) is 1. The summed E-state index contributed by atoms with van der Waals surface area (Å²) in [5, 5.41) is 0. The number of hydrogen-bond acceptors (Lipinski definition) is 2. The van der Waals surface area contributed by atoms with E-state index in [9.17, 15) is 0 Å². The zero-order valence-electron chi connectivity index (χ0n) is 9.45. The molecule has 0 bridgehead atoms. The molecule has 0 aromatic heterocycles. The first kappa shape index (κ1) is 10.7. The summed E-state index contributed by atoms with van der Waals surface area (Å²) in [7, 11) is 0. The molecule has 0 spiro atoms. The van der Waals surface area contributed by atoms with Crippen molar-refractivity contribution in [2.75, 3.05) is 19.6 Å². The van der Waals surface area contributed by atoms with Crippen LogP contribution in [-0.2, 0) is 0 Å². The highest BCUT2D eigenvalue weighted by Gasteiger charge is 2.15. The standard InChI is InChI=1S/C13H20N2/c1-11-5-4-6-12(9-11)13(14)10-15-7-2-3-8-15/h4-6,9,13H,2-3,7-8,10,14H2,1H3. The molecule has 1 aliphatic heterocycles. The van der Waals surface area contributed by atoms with E-state index in [1.165, 1.54) is 37.1 Å².